The predicted molar refractivity (Wildman–Crippen MR) is 136 cm³/mol. The molecule has 0 saturated heterocycles. The zero-order valence-electron chi connectivity index (χ0n) is 18.3. The van der Waals surface area contributed by atoms with Crippen LogP contribution in [0.15, 0.2) is 79.1 Å². The number of nitrogens with zero attached hydrogens (tertiary/aromatic N) is 4. The fourth-order valence-electron chi connectivity index (χ4n) is 3.50. The number of hydrogen-bond acceptors (Lipinski definition) is 7. The molecule has 0 unspecified atom stereocenters. The second-order valence-corrected chi connectivity index (χ2v) is 8.47. The number of benzene rings is 3. The number of para-hydroxylation sites is 1. The second-order valence-electron chi connectivity index (χ2n) is 7.62. The largest absolute Gasteiger partial charge is 0.506 e. The van der Waals surface area contributed by atoms with E-state index in [1.807, 2.05) is 30.3 Å². The third-order valence-corrected chi connectivity index (χ3v) is 5.72. The van der Waals surface area contributed by atoms with E-state index in [9.17, 15) is 15.2 Å². The molecule has 3 aromatic carbocycles. The van der Waals surface area contributed by atoms with Crippen molar-refractivity contribution in [2.75, 3.05) is 5.32 Å². The van der Waals surface area contributed by atoms with E-state index in [1.54, 1.807) is 24.3 Å². The molecule has 2 heterocycles. The minimum absolute atomic E-state index is 0.0441. The maximum atomic E-state index is 13.0. The molecule has 0 aliphatic carbocycles. The zero-order valence-corrected chi connectivity index (χ0v) is 19.8. The number of aromatic nitrogens is 3. The fraction of sp³-hybridized carbons (Fsp3) is 0. The number of anilines is 2. The maximum absolute atomic E-state index is 13.0. The number of ether oxygens (including phenoxy) is 1. The topological polar surface area (TPSA) is 113 Å². The third kappa shape index (κ3) is 4.53. The Morgan fingerprint density at radius 2 is 1.78 bits per heavy atom. The van der Waals surface area contributed by atoms with Crippen LogP contribution < -0.4 is 10.1 Å². The summed E-state index contributed by atoms with van der Waals surface area (Å²) in [5.74, 6) is 0.696. The summed E-state index contributed by atoms with van der Waals surface area (Å²) in [7, 11) is 0. The lowest BCUT2D eigenvalue weighted by Gasteiger charge is -2.07. The number of fused-ring (bicyclic) bond motifs is 1. The minimum atomic E-state index is -0.552. The molecule has 0 aliphatic heterocycles. The van der Waals surface area contributed by atoms with E-state index in [1.165, 1.54) is 29.0 Å². The minimum Gasteiger partial charge on any atom is -0.506 e. The number of carbonyl (C=O) groups is 1. The van der Waals surface area contributed by atoms with E-state index in [2.05, 4.69) is 21.5 Å². The molecule has 2 aromatic heterocycles. The maximum Gasteiger partial charge on any atom is 0.199 e. The Bertz CT molecular complexity index is 1650. The number of phenols is 1. The molecule has 0 amide bonds. The van der Waals surface area contributed by atoms with Crippen molar-refractivity contribution < 1.29 is 14.6 Å². The first-order chi connectivity index (χ1) is 17.4. The van der Waals surface area contributed by atoms with Crippen molar-refractivity contribution in [3.63, 3.8) is 0 Å². The average molecular weight is 516 g/mol. The van der Waals surface area contributed by atoms with Gasteiger partial charge in [0.1, 0.15) is 28.9 Å². The van der Waals surface area contributed by atoms with Crippen molar-refractivity contribution in [3.05, 3.63) is 106 Å². The van der Waals surface area contributed by atoms with E-state index in [0.29, 0.717) is 11.4 Å². The first-order valence-corrected chi connectivity index (χ1v) is 11.3. The molecular formula is C26H15Cl2N5O3. The van der Waals surface area contributed by atoms with E-state index in [0.717, 1.165) is 5.75 Å². The highest BCUT2D eigenvalue weighted by atomic mass is 35.5. The van der Waals surface area contributed by atoms with Crippen LogP contribution in [0.5, 0.6) is 17.2 Å². The highest BCUT2D eigenvalue weighted by molar-refractivity contribution is 6.36. The number of nitriles is 1. The lowest BCUT2D eigenvalue weighted by Crippen LogP contribution is -2.05. The SMILES string of the molecule is N#Cc1c(Nc2ccc(Oc3ccccc3)cc2)nn2cc(C(=O)c3cc(Cl)cc(Cl)c3O)cnc12. The van der Waals surface area contributed by atoms with Crippen molar-refractivity contribution in [1.29, 1.82) is 5.26 Å². The summed E-state index contributed by atoms with van der Waals surface area (Å²) in [6.45, 7) is 0. The summed E-state index contributed by atoms with van der Waals surface area (Å²) in [5, 5.41) is 27.6. The van der Waals surface area contributed by atoms with Crippen molar-refractivity contribution in [1.82, 2.24) is 14.6 Å². The van der Waals surface area contributed by atoms with Crippen LogP contribution >= 0.6 is 23.2 Å². The quantitative estimate of drug-likeness (QED) is 0.252. The molecule has 0 atom stereocenters. The van der Waals surface area contributed by atoms with Crippen molar-refractivity contribution in [2.24, 2.45) is 0 Å². The molecule has 0 radical (unpaired) electrons. The van der Waals surface area contributed by atoms with Crippen molar-refractivity contribution in [2.45, 2.75) is 0 Å². The standard InChI is InChI=1S/C26H15Cl2N5O3/c27-16-10-20(24(35)22(28)11-16)23(34)15-13-30-26-21(12-29)25(32-33(26)14-15)31-17-6-8-19(9-7-17)36-18-4-2-1-3-5-18/h1-11,13-14,35H,(H,31,32). The van der Waals surface area contributed by atoms with Gasteiger partial charge in [0.2, 0.25) is 0 Å². The van der Waals surface area contributed by atoms with Gasteiger partial charge < -0.3 is 15.2 Å². The Morgan fingerprint density at radius 3 is 2.50 bits per heavy atom. The zero-order chi connectivity index (χ0) is 25.2. The molecule has 5 rings (SSSR count). The molecule has 0 fully saturated rings. The Kier molecular flexibility index (Phi) is 6.17. The van der Waals surface area contributed by atoms with Gasteiger partial charge in [0.05, 0.1) is 16.1 Å². The van der Waals surface area contributed by atoms with Gasteiger partial charge in [0.25, 0.3) is 0 Å². The summed E-state index contributed by atoms with van der Waals surface area (Å²) >= 11 is 11.9. The predicted octanol–water partition coefficient (Wildman–Crippen LogP) is 6.38. The monoisotopic (exact) mass is 515 g/mol. The van der Waals surface area contributed by atoms with Gasteiger partial charge in [0, 0.05) is 23.1 Å². The first kappa shape index (κ1) is 23.2. The Hall–Kier alpha value is -4.58. The smallest absolute Gasteiger partial charge is 0.199 e. The van der Waals surface area contributed by atoms with Crippen LogP contribution in [0.1, 0.15) is 21.5 Å². The van der Waals surface area contributed by atoms with Gasteiger partial charge in [-0.15, -0.1) is 5.10 Å². The Labute approximate surface area is 214 Å². The molecule has 0 saturated carbocycles. The van der Waals surface area contributed by atoms with E-state index in [4.69, 9.17) is 27.9 Å². The normalized spacial score (nSPS) is 10.7. The van der Waals surface area contributed by atoms with E-state index < -0.39 is 5.78 Å². The van der Waals surface area contributed by atoms with Crippen LogP contribution in [0.25, 0.3) is 5.65 Å². The van der Waals surface area contributed by atoms with Crippen LogP contribution in [0, 0.1) is 11.3 Å². The summed E-state index contributed by atoms with van der Waals surface area (Å²) in [5.41, 5.74) is 1.18. The van der Waals surface area contributed by atoms with Gasteiger partial charge in [-0.3, -0.25) is 4.79 Å². The van der Waals surface area contributed by atoms with Gasteiger partial charge in [-0.25, -0.2) is 9.50 Å². The number of aromatic hydroxyl groups is 1. The number of halogens is 2. The molecule has 8 nitrogen and oxygen atoms in total. The number of ketones is 1. The van der Waals surface area contributed by atoms with Crippen LogP contribution in [0.4, 0.5) is 11.5 Å². The second kappa shape index (κ2) is 9.58. The van der Waals surface area contributed by atoms with Crippen LogP contribution in [-0.2, 0) is 0 Å². The molecule has 0 bridgehead atoms. The first-order valence-electron chi connectivity index (χ1n) is 10.5. The molecule has 2 N–H and O–H groups in total. The molecule has 5 aromatic rings. The fourth-order valence-corrected chi connectivity index (χ4v) is 4.00. The van der Waals surface area contributed by atoms with Gasteiger partial charge in [0.15, 0.2) is 17.2 Å². The van der Waals surface area contributed by atoms with Crippen LogP contribution in [0.2, 0.25) is 10.0 Å². The average Bonchev–Trinajstić information content (AvgIpc) is 3.23. The van der Waals surface area contributed by atoms with Gasteiger partial charge >= 0.3 is 0 Å². The molecule has 0 aliphatic rings. The molecule has 36 heavy (non-hydrogen) atoms. The van der Waals surface area contributed by atoms with Crippen molar-refractivity contribution >= 4 is 46.1 Å². The Balaban J connectivity index is 1.42. The van der Waals surface area contributed by atoms with Gasteiger partial charge in [-0.05, 0) is 48.5 Å². The third-order valence-electron chi connectivity index (χ3n) is 5.22. The highest BCUT2D eigenvalue weighted by Crippen LogP contribution is 2.33. The van der Waals surface area contributed by atoms with Crippen LogP contribution in [-0.4, -0.2) is 25.5 Å². The summed E-state index contributed by atoms with van der Waals surface area (Å²) in [4.78, 5) is 17.2. The number of nitrogens with one attached hydrogen (secondary N) is 1. The highest BCUT2D eigenvalue weighted by Gasteiger charge is 2.20. The molecule has 176 valence electrons. The summed E-state index contributed by atoms with van der Waals surface area (Å²) in [6.07, 6.45) is 2.72. The lowest BCUT2D eigenvalue weighted by atomic mass is 10.1. The van der Waals surface area contributed by atoms with E-state index in [-0.39, 0.29) is 44.0 Å². The Morgan fingerprint density at radius 1 is 1.06 bits per heavy atom. The molecular weight excluding hydrogens is 501 g/mol. The number of rotatable bonds is 6. The van der Waals surface area contributed by atoms with E-state index >= 15 is 0 Å². The van der Waals surface area contributed by atoms with Gasteiger partial charge in [-0.1, -0.05) is 41.4 Å². The summed E-state index contributed by atoms with van der Waals surface area (Å²) < 4.78 is 7.12. The molecule has 10 heteroatoms. The van der Waals surface area contributed by atoms with Gasteiger partial charge in [-0.2, -0.15) is 5.26 Å². The summed E-state index contributed by atoms with van der Waals surface area (Å²) in [6, 6.07) is 21.3. The van der Waals surface area contributed by atoms with Crippen molar-refractivity contribution in [3.8, 4) is 23.3 Å². The number of phenolic OH excluding ortho intramolecular Hbond substituents is 1. The van der Waals surface area contributed by atoms with Crippen LogP contribution in [0.3, 0.4) is 0 Å². The molecule has 0 spiro atoms. The number of carbonyl (C=O) groups excluding carboxylic acids is 1. The lowest BCUT2D eigenvalue weighted by molar-refractivity contribution is 0.103. The number of hydrogen-bond donors (Lipinski definition) is 2.